The lowest BCUT2D eigenvalue weighted by Gasteiger charge is -2.14. The fraction of sp³-hybridized carbons (Fsp3) is 0.231. The Morgan fingerprint density at radius 1 is 1.42 bits per heavy atom. The molecular weight excluding hydrogens is 287 g/mol. The van der Waals surface area contributed by atoms with E-state index in [2.05, 4.69) is 11.2 Å². The Hall–Kier alpha value is -1.72. The van der Waals surface area contributed by atoms with E-state index in [9.17, 15) is 4.79 Å². The van der Waals surface area contributed by atoms with Crippen molar-refractivity contribution < 1.29 is 9.53 Å². The molecule has 0 aliphatic carbocycles. The molecule has 0 aliphatic heterocycles. The summed E-state index contributed by atoms with van der Waals surface area (Å²) in [5.74, 6) is 1.77. The Labute approximate surface area is 121 Å². The van der Waals surface area contributed by atoms with Crippen LogP contribution in [-0.4, -0.2) is 18.2 Å². The Kier molecular flexibility index (Phi) is 5.66. The number of amides is 1. The molecule has 0 bridgehead atoms. The predicted octanol–water partition coefficient (Wildman–Crippen LogP) is 2.61. The number of carbonyl (C=O) groups is 1. The van der Waals surface area contributed by atoms with E-state index in [1.807, 2.05) is 0 Å². The average molecular weight is 297 g/mol. The van der Waals surface area contributed by atoms with Crippen molar-refractivity contribution in [3.63, 3.8) is 0 Å². The third kappa shape index (κ3) is 4.81. The second-order valence-electron chi connectivity index (χ2n) is 3.59. The van der Waals surface area contributed by atoms with E-state index in [-0.39, 0.29) is 5.56 Å². The van der Waals surface area contributed by atoms with Crippen molar-refractivity contribution in [2.45, 2.75) is 19.3 Å². The smallest absolute Gasteiger partial charge is 0.254 e. The molecule has 1 aromatic rings. The summed E-state index contributed by atoms with van der Waals surface area (Å²) in [6.07, 6.45) is 3.39. The van der Waals surface area contributed by atoms with Gasteiger partial charge in [0.25, 0.3) is 5.91 Å². The second-order valence-corrected chi connectivity index (χ2v) is 4.46. The van der Waals surface area contributed by atoms with Crippen LogP contribution in [0.15, 0.2) is 18.2 Å². The summed E-state index contributed by atoms with van der Waals surface area (Å²) in [5.41, 5.74) is 0.231. The Balaban J connectivity index is 2.78. The van der Waals surface area contributed by atoms with Gasteiger partial charge in [0.1, 0.15) is 12.2 Å². The van der Waals surface area contributed by atoms with E-state index in [1.165, 1.54) is 18.2 Å². The molecular formula is C13H10Cl2N2O2. The third-order valence-corrected chi connectivity index (χ3v) is 2.52. The summed E-state index contributed by atoms with van der Waals surface area (Å²) in [6, 6.07) is 6.14. The van der Waals surface area contributed by atoms with E-state index in [0.717, 1.165) is 0 Å². The maximum atomic E-state index is 11.9. The first-order valence-electron chi connectivity index (χ1n) is 5.24. The molecule has 0 saturated heterocycles. The lowest BCUT2D eigenvalue weighted by atomic mass is 10.2. The Morgan fingerprint density at radius 2 is 2.00 bits per heavy atom. The molecule has 0 heterocycles. The molecule has 1 amide bonds. The summed E-state index contributed by atoms with van der Waals surface area (Å²) in [5, 5.41) is 11.9. The van der Waals surface area contributed by atoms with Gasteiger partial charge in [0.15, 0.2) is 0 Å². The zero-order valence-corrected chi connectivity index (χ0v) is 11.5. The highest BCUT2D eigenvalue weighted by atomic mass is 35.5. The van der Waals surface area contributed by atoms with Crippen molar-refractivity contribution in [2.24, 2.45) is 0 Å². The molecule has 0 aromatic heterocycles. The number of hydrogen-bond donors (Lipinski definition) is 1. The zero-order chi connectivity index (χ0) is 14.4. The molecule has 2 atom stereocenters. The van der Waals surface area contributed by atoms with Crippen LogP contribution in [0.4, 0.5) is 0 Å². The molecule has 2 unspecified atom stereocenters. The molecule has 6 heteroatoms. The number of hydrogen-bond acceptors (Lipinski definition) is 3. The number of nitrogens with one attached hydrogen (secondary N) is 1. The molecule has 1 aromatic carbocycles. The maximum absolute atomic E-state index is 11.9. The number of nitrogens with zero attached hydrogens (tertiary/aromatic N) is 1. The van der Waals surface area contributed by atoms with Gasteiger partial charge in [-0.3, -0.25) is 4.79 Å². The van der Waals surface area contributed by atoms with Crippen molar-refractivity contribution in [3.8, 4) is 18.4 Å². The molecule has 0 spiro atoms. The number of ether oxygens (including phenoxy) is 1. The van der Waals surface area contributed by atoms with Crippen LogP contribution < -0.4 is 5.32 Å². The molecule has 0 saturated carbocycles. The van der Waals surface area contributed by atoms with Crippen LogP contribution in [0, 0.1) is 23.7 Å². The van der Waals surface area contributed by atoms with E-state index >= 15 is 0 Å². The highest BCUT2D eigenvalue weighted by Crippen LogP contribution is 2.19. The first-order chi connectivity index (χ1) is 8.96. The molecule has 1 N–H and O–H groups in total. The quantitative estimate of drug-likeness (QED) is 0.686. The number of carbonyl (C=O) groups excluding carboxylic acids is 1. The van der Waals surface area contributed by atoms with Crippen molar-refractivity contribution >= 4 is 29.1 Å². The van der Waals surface area contributed by atoms with Gasteiger partial charge in [-0.15, -0.1) is 6.42 Å². The van der Waals surface area contributed by atoms with Crippen molar-refractivity contribution in [1.29, 1.82) is 5.26 Å². The number of rotatable bonds is 4. The lowest BCUT2D eigenvalue weighted by molar-refractivity contribution is 0.0376. The van der Waals surface area contributed by atoms with Crippen molar-refractivity contribution in [2.75, 3.05) is 0 Å². The molecule has 19 heavy (non-hydrogen) atoms. The molecule has 0 fully saturated rings. The summed E-state index contributed by atoms with van der Waals surface area (Å²) >= 11 is 11.6. The standard InChI is InChI=1S/C13H10Cl2N2O2/c1-3-8(2)19-12(7-16)17-13(18)9-4-10(14)6-11(15)5-9/h1,4-6,8,12H,2H3,(H,17,18). The molecule has 0 aliphatic rings. The van der Waals surface area contributed by atoms with Crippen LogP contribution in [0.3, 0.4) is 0 Å². The summed E-state index contributed by atoms with van der Waals surface area (Å²) in [7, 11) is 0. The zero-order valence-electron chi connectivity index (χ0n) is 9.98. The van der Waals surface area contributed by atoms with Gasteiger partial charge in [0.2, 0.25) is 6.23 Å². The van der Waals surface area contributed by atoms with Crippen LogP contribution in [0.5, 0.6) is 0 Å². The SMILES string of the molecule is C#CC(C)OC(C#N)NC(=O)c1cc(Cl)cc(Cl)c1. The average Bonchev–Trinajstić information content (AvgIpc) is 2.36. The maximum Gasteiger partial charge on any atom is 0.254 e. The van der Waals surface area contributed by atoms with E-state index < -0.39 is 18.2 Å². The van der Waals surface area contributed by atoms with Gasteiger partial charge in [-0.1, -0.05) is 29.1 Å². The summed E-state index contributed by atoms with van der Waals surface area (Å²) < 4.78 is 5.11. The van der Waals surface area contributed by atoms with Gasteiger partial charge >= 0.3 is 0 Å². The lowest BCUT2D eigenvalue weighted by Crippen LogP contribution is -2.37. The summed E-state index contributed by atoms with van der Waals surface area (Å²) in [6.45, 7) is 1.59. The van der Waals surface area contributed by atoms with Gasteiger partial charge in [0, 0.05) is 15.6 Å². The number of terminal acetylenes is 1. The summed E-state index contributed by atoms with van der Waals surface area (Å²) in [4.78, 5) is 11.9. The van der Waals surface area contributed by atoms with Crippen LogP contribution >= 0.6 is 23.2 Å². The second kappa shape index (κ2) is 7.01. The first-order valence-corrected chi connectivity index (χ1v) is 6.00. The Bertz CT molecular complexity index is 540. The third-order valence-electron chi connectivity index (χ3n) is 2.08. The van der Waals surface area contributed by atoms with Gasteiger partial charge in [0.05, 0.1) is 0 Å². The number of nitriles is 1. The van der Waals surface area contributed by atoms with Gasteiger partial charge in [-0.2, -0.15) is 5.26 Å². The topological polar surface area (TPSA) is 62.1 Å². The van der Waals surface area contributed by atoms with Gasteiger partial charge in [-0.05, 0) is 25.1 Å². The minimum absolute atomic E-state index is 0.231. The van der Waals surface area contributed by atoms with E-state index in [4.69, 9.17) is 39.6 Å². The van der Waals surface area contributed by atoms with Crippen LogP contribution in [0.1, 0.15) is 17.3 Å². The fourth-order valence-corrected chi connectivity index (χ4v) is 1.75. The normalized spacial score (nSPS) is 12.9. The highest BCUT2D eigenvalue weighted by Gasteiger charge is 2.16. The van der Waals surface area contributed by atoms with E-state index in [1.54, 1.807) is 13.0 Å². The van der Waals surface area contributed by atoms with Crippen LogP contribution in [0.2, 0.25) is 10.0 Å². The highest BCUT2D eigenvalue weighted by molar-refractivity contribution is 6.35. The number of benzene rings is 1. The molecule has 98 valence electrons. The minimum Gasteiger partial charge on any atom is -0.329 e. The first kappa shape index (κ1) is 15.3. The minimum atomic E-state index is -1.14. The molecule has 1 rings (SSSR count). The Morgan fingerprint density at radius 3 is 2.47 bits per heavy atom. The largest absolute Gasteiger partial charge is 0.329 e. The van der Waals surface area contributed by atoms with Crippen molar-refractivity contribution in [3.05, 3.63) is 33.8 Å². The van der Waals surface area contributed by atoms with Crippen molar-refractivity contribution in [1.82, 2.24) is 5.32 Å². The van der Waals surface area contributed by atoms with Crippen LogP contribution in [-0.2, 0) is 4.74 Å². The predicted molar refractivity (Wildman–Crippen MR) is 72.7 cm³/mol. The van der Waals surface area contributed by atoms with E-state index in [0.29, 0.717) is 10.0 Å². The van der Waals surface area contributed by atoms with Gasteiger partial charge < -0.3 is 10.1 Å². The molecule has 4 nitrogen and oxygen atoms in total. The van der Waals surface area contributed by atoms with Crippen LogP contribution in [0.25, 0.3) is 0 Å². The fourth-order valence-electron chi connectivity index (χ4n) is 1.23. The monoisotopic (exact) mass is 296 g/mol. The molecule has 0 radical (unpaired) electrons. The number of halogens is 2. The van der Waals surface area contributed by atoms with Gasteiger partial charge in [-0.25, -0.2) is 0 Å².